The molecule has 0 aliphatic rings. The van der Waals surface area contributed by atoms with Gasteiger partial charge in [0.15, 0.2) is 0 Å². The molecule has 4 unspecified atom stereocenters. The highest BCUT2D eigenvalue weighted by molar-refractivity contribution is 9.09. The standard InChI is InChI=1S/C20H40BrFO/c1-16(2)9-6-10-17(3)11-7-12-18(4)13-8-14-20(5,22)19(21)15-23/h16-19,23H,6-15H2,1-5H3. The summed E-state index contributed by atoms with van der Waals surface area (Å²) in [4.78, 5) is -0.447. The summed E-state index contributed by atoms with van der Waals surface area (Å²) in [6.45, 7) is 10.7. The number of hydrogen-bond donors (Lipinski definition) is 1. The Morgan fingerprint density at radius 1 is 0.870 bits per heavy atom. The van der Waals surface area contributed by atoms with Gasteiger partial charge >= 0.3 is 0 Å². The fraction of sp³-hybridized carbons (Fsp3) is 1.00. The predicted molar refractivity (Wildman–Crippen MR) is 104 cm³/mol. The van der Waals surface area contributed by atoms with E-state index >= 15 is 0 Å². The van der Waals surface area contributed by atoms with Crippen molar-refractivity contribution in [2.75, 3.05) is 6.61 Å². The lowest BCUT2D eigenvalue weighted by molar-refractivity contribution is 0.130. The van der Waals surface area contributed by atoms with Gasteiger partial charge in [0, 0.05) is 0 Å². The third-order valence-corrected chi connectivity index (χ3v) is 6.29. The van der Waals surface area contributed by atoms with Crippen LogP contribution in [0, 0.1) is 17.8 Å². The largest absolute Gasteiger partial charge is 0.395 e. The summed E-state index contributed by atoms with van der Waals surface area (Å²) in [5.74, 6) is 2.35. The summed E-state index contributed by atoms with van der Waals surface area (Å²) in [6, 6.07) is 0. The first-order valence-corrected chi connectivity index (χ1v) is 10.5. The molecular formula is C20H40BrFO. The first-order chi connectivity index (χ1) is 10.7. The van der Waals surface area contributed by atoms with E-state index in [4.69, 9.17) is 5.11 Å². The van der Waals surface area contributed by atoms with Crippen molar-refractivity contribution < 1.29 is 9.50 Å². The van der Waals surface area contributed by atoms with Crippen LogP contribution in [-0.4, -0.2) is 22.2 Å². The molecule has 0 saturated heterocycles. The number of aliphatic hydroxyl groups is 1. The van der Waals surface area contributed by atoms with E-state index in [2.05, 4.69) is 43.6 Å². The molecule has 0 aliphatic heterocycles. The molecule has 0 amide bonds. The molecule has 0 saturated carbocycles. The van der Waals surface area contributed by atoms with Gasteiger partial charge in [-0.1, -0.05) is 88.6 Å². The minimum absolute atomic E-state index is 0.142. The van der Waals surface area contributed by atoms with Gasteiger partial charge in [-0.25, -0.2) is 4.39 Å². The average Bonchev–Trinajstić information content (AvgIpc) is 2.45. The maximum absolute atomic E-state index is 14.3. The van der Waals surface area contributed by atoms with Crippen LogP contribution >= 0.6 is 15.9 Å². The van der Waals surface area contributed by atoms with E-state index < -0.39 is 10.5 Å². The van der Waals surface area contributed by atoms with Crippen molar-refractivity contribution in [3.63, 3.8) is 0 Å². The molecule has 0 aromatic carbocycles. The Labute approximate surface area is 153 Å². The number of alkyl halides is 2. The van der Waals surface area contributed by atoms with E-state index in [0.29, 0.717) is 12.3 Å². The fourth-order valence-corrected chi connectivity index (χ4v) is 3.35. The zero-order chi connectivity index (χ0) is 17.9. The van der Waals surface area contributed by atoms with Crippen molar-refractivity contribution in [2.45, 2.75) is 103 Å². The molecule has 0 rings (SSSR count). The van der Waals surface area contributed by atoms with Crippen LogP contribution in [0.15, 0.2) is 0 Å². The molecule has 0 bridgehead atoms. The average molecular weight is 395 g/mol. The highest BCUT2D eigenvalue weighted by Gasteiger charge is 2.31. The van der Waals surface area contributed by atoms with Crippen molar-refractivity contribution in [2.24, 2.45) is 17.8 Å². The van der Waals surface area contributed by atoms with E-state index in [1.807, 2.05) is 0 Å². The quantitative estimate of drug-likeness (QED) is 0.317. The van der Waals surface area contributed by atoms with E-state index in [1.165, 1.54) is 38.5 Å². The Hall–Kier alpha value is 0.370. The third kappa shape index (κ3) is 12.4. The van der Waals surface area contributed by atoms with Crippen LogP contribution in [0.3, 0.4) is 0 Å². The normalized spacial score (nSPS) is 18.7. The van der Waals surface area contributed by atoms with Crippen molar-refractivity contribution in [3.05, 3.63) is 0 Å². The molecule has 0 fully saturated rings. The maximum Gasteiger partial charge on any atom is 0.122 e. The summed E-state index contributed by atoms with van der Waals surface area (Å²) < 4.78 is 14.3. The fourth-order valence-electron chi connectivity index (χ4n) is 3.12. The summed E-state index contributed by atoms with van der Waals surface area (Å²) >= 11 is 3.23. The first kappa shape index (κ1) is 23.4. The van der Waals surface area contributed by atoms with Crippen LogP contribution in [0.4, 0.5) is 4.39 Å². The minimum Gasteiger partial charge on any atom is -0.395 e. The highest BCUT2D eigenvalue weighted by atomic mass is 79.9. The zero-order valence-electron chi connectivity index (χ0n) is 16.1. The van der Waals surface area contributed by atoms with Gasteiger partial charge in [0.2, 0.25) is 0 Å². The topological polar surface area (TPSA) is 20.2 Å². The van der Waals surface area contributed by atoms with Gasteiger partial charge in [0.25, 0.3) is 0 Å². The van der Waals surface area contributed by atoms with Gasteiger partial charge in [-0.15, -0.1) is 0 Å². The molecule has 1 N–H and O–H groups in total. The zero-order valence-corrected chi connectivity index (χ0v) is 17.7. The molecular weight excluding hydrogens is 355 g/mol. The highest BCUT2D eigenvalue weighted by Crippen LogP contribution is 2.29. The molecule has 0 heterocycles. The second-order valence-electron chi connectivity index (χ2n) is 8.29. The molecule has 4 atom stereocenters. The second-order valence-corrected chi connectivity index (χ2v) is 9.39. The summed E-state index contributed by atoms with van der Waals surface area (Å²) in [5, 5.41) is 9.05. The molecule has 1 nitrogen and oxygen atoms in total. The molecule has 3 heteroatoms. The summed E-state index contributed by atoms with van der Waals surface area (Å²) in [7, 11) is 0. The first-order valence-electron chi connectivity index (χ1n) is 9.62. The van der Waals surface area contributed by atoms with Gasteiger partial charge in [-0.3, -0.25) is 0 Å². The summed E-state index contributed by atoms with van der Waals surface area (Å²) in [6.07, 6.45) is 10.5. The second kappa shape index (κ2) is 12.7. The van der Waals surface area contributed by atoms with Gasteiger partial charge in [0.1, 0.15) is 5.67 Å². The van der Waals surface area contributed by atoms with Crippen molar-refractivity contribution in [3.8, 4) is 0 Å². The SMILES string of the molecule is CC(C)CCCC(C)CCCC(C)CCCC(C)(F)C(Br)CO. The molecule has 23 heavy (non-hydrogen) atoms. The van der Waals surface area contributed by atoms with E-state index in [9.17, 15) is 4.39 Å². The van der Waals surface area contributed by atoms with Gasteiger partial charge < -0.3 is 5.11 Å². The Balaban J connectivity index is 3.69. The Morgan fingerprint density at radius 2 is 1.30 bits per heavy atom. The van der Waals surface area contributed by atoms with Crippen LogP contribution in [0.1, 0.15) is 92.4 Å². The molecule has 0 aromatic rings. The van der Waals surface area contributed by atoms with Crippen LogP contribution in [0.5, 0.6) is 0 Å². The Morgan fingerprint density at radius 3 is 1.74 bits per heavy atom. The van der Waals surface area contributed by atoms with Crippen LogP contribution in [0.25, 0.3) is 0 Å². The Kier molecular flexibility index (Phi) is 12.9. The van der Waals surface area contributed by atoms with Crippen LogP contribution in [-0.2, 0) is 0 Å². The van der Waals surface area contributed by atoms with Crippen molar-refractivity contribution >= 4 is 15.9 Å². The van der Waals surface area contributed by atoms with Gasteiger partial charge in [0.05, 0.1) is 11.4 Å². The number of aliphatic hydroxyl groups excluding tert-OH is 1. The molecule has 0 spiro atoms. The van der Waals surface area contributed by atoms with Crippen LogP contribution in [0.2, 0.25) is 0 Å². The van der Waals surface area contributed by atoms with E-state index in [0.717, 1.165) is 24.7 Å². The molecule has 0 aliphatic carbocycles. The number of hydrogen-bond acceptors (Lipinski definition) is 1. The predicted octanol–water partition coefficient (Wildman–Crippen LogP) is 6.91. The smallest absolute Gasteiger partial charge is 0.122 e. The van der Waals surface area contributed by atoms with Crippen LogP contribution < -0.4 is 0 Å². The van der Waals surface area contributed by atoms with E-state index in [-0.39, 0.29) is 6.61 Å². The number of rotatable bonds is 14. The Bertz CT molecular complexity index is 281. The monoisotopic (exact) mass is 394 g/mol. The van der Waals surface area contributed by atoms with Gasteiger partial charge in [-0.2, -0.15) is 0 Å². The van der Waals surface area contributed by atoms with Crippen molar-refractivity contribution in [1.29, 1.82) is 0 Å². The van der Waals surface area contributed by atoms with Gasteiger partial charge in [-0.05, 0) is 37.5 Å². The minimum atomic E-state index is -1.31. The molecule has 0 radical (unpaired) electrons. The maximum atomic E-state index is 14.3. The third-order valence-electron chi connectivity index (χ3n) is 5.05. The lowest BCUT2D eigenvalue weighted by Crippen LogP contribution is -2.32. The van der Waals surface area contributed by atoms with Crippen molar-refractivity contribution in [1.82, 2.24) is 0 Å². The molecule has 0 aromatic heterocycles. The molecule has 140 valence electrons. The van der Waals surface area contributed by atoms with E-state index in [1.54, 1.807) is 6.92 Å². The number of halogens is 2. The lowest BCUT2D eigenvalue weighted by Gasteiger charge is -2.25. The lowest BCUT2D eigenvalue weighted by atomic mass is 9.90. The summed E-state index contributed by atoms with van der Waals surface area (Å²) in [5.41, 5.74) is -1.31.